The molecule has 0 aromatic carbocycles. The van der Waals surface area contributed by atoms with E-state index in [0.29, 0.717) is 6.42 Å². The Hall–Kier alpha value is 0.130. The first-order chi connectivity index (χ1) is 11.2. The SMILES string of the molecule is CCCCCC/C=C\CCCCCCCC(=O)OCC(O)CO.[H-].[Na+]. The van der Waals surface area contributed by atoms with Gasteiger partial charge in [0.15, 0.2) is 0 Å². The van der Waals surface area contributed by atoms with Gasteiger partial charge in [-0.25, -0.2) is 0 Å². The van der Waals surface area contributed by atoms with Gasteiger partial charge < -0.3 is 16.4 Å². The Labute approximate surface area is 171 Å². The molecule has 0 aliphatic carbocycles. The molecule has 0 saturated carbocycles. The minimum Gasteiger partial charge on any atom is -1.00 e. The Kier molecular flexibility index (Phi) is 23.3. The molecule has 1 atom stereocenters. The maximum Gasteiger partial charge on any atom is 1.00 e. The summed E-state index contributed by atoms with van der Waals surface area (Å²) in [7, 11) is 0. The summed E-state index contributed by atoms with van der Waals surface area (Å²) in [5.74, 6) is -0.288. The molecule has 0 amide bonds. The molecule has 0 fully saturated rings. The first-order valence-electron chi connectivity index (χ1n) is 9.30. The van der Waals surface area contributed by atoms with Crippen LogP contribution in [0.5, 0.6) is 0 Å². The van der Waals surface area contributed by atoms with E-state index in [-0.39, 0.29) is 50.2 Å². The van der Waals surface area contributed by atoms with Crippen molar-refractivity contribution in [1.82, 2.24) is 0 Å². The van der Waals surface area contributed by atoms with Gasteiger partial charge in [-0.2, -0.15) is 0 Å². The third-order valence-electron chi connectivity index (χ3n) is 3.79. The molecule has 0 heterocycles. The van der Waals surface area contributed by atoms with Gasteiger partial charge in [0.2, 0.25) is 0 Å². The van der Waals surface area contributed by atoms with Gasteiger partial charge in [-0.3, -0.25) is 4.79 Å². The van der Waals surface area contributed by atoms with Crippen LogP contribution in [-0.2, 0) is 9.53 Å². The number of rotatable bonds is 16. The van der Waals surface area contributed by atoms with E-state index in [0.717, 1.165) is 25.7 Å². The third-order valence-corrected chi connectivity index (χ3v) is 3.79. The summed E-state index contributed by atoms with van der Waals surface area (Å²) < 4.78 is 4.84. The van der Waals surface area contributed by atoms with Crippen LogP contribution in [-0.4, -0.2) is 35.5 Å². The second-order valence-corrected chi connectivity index (χ2v) is 6.15. The molecule has 5 heteroatoms. The van der Waals surface area contributed by atoms with Crippen LogP contribution in [0.3, 0.4) is 0 Å². The first kappa shape index (κ1) is 26.4. The average Bonchev–Trinajstić information content (AvgIpc) is 2.56. The summed E-state index contributed by atoms with van der Waals surface area (Å²) >= 11 is 0. The molecule has 138 valence electrons. The van der Waals surface area contributed by atoms with Gasteiger partial charge in [0, 0.05) is 6.42 Å². The standard InChI is InChI=1S/C19H36O4.Na.H/c1-2-3-4-5-6-7-8-9-10-11-12-13-14-15-19(22)23-17-18(21)16-20;;/h7-8,18,20-21H,2-6,9-17H2,1H3;;/q;+1;-1/b8-7-;;. The molecule has 0 aliphatic rings. The largest absolute Gasteiger partial charge is 1.00 e. The Morgan fingerprint density at radius 1 is 1.00 bits per heavy atom. The van der Waals surface area contributed by atoms with Crippen molar-refractivity contribution in [2.45, 2.75) is 90.1 Å². The van der Waals surface area contributed by atoms with Crippen LogP contribution in [0.15, 0.2) is 12.2 Å². The topological polar surface area (TPSA) is 66.8 Å². The van der Waals surface area contributed by atoms with Crippen LogP contribution < -0.4 is 29.6 Å². The molecule has 0 saturated heterocycles. The van der Waals surface area contributed by atoms with Crippen molar-refractivity contribution in [1.29, 1.82) is 0 Å². The van der Waals surface area contributed by atoms with Crippen molar-refractivity contribution in [2.75, 3.05) is 13.2 Å². The van der Waals surface area contributed by atoms with Crippen LogP contribution >= 0.6 is 0 Å². The van der Waals surface area contributed by atoms with Crippen molar-refractivity contribution >= 4 is 5.97 Å². The Balaban J connectivity index is -0.00000242. The van der Waals surface area contributed by atoms with Crippen LogP contribution in [0.1, 0.15) is 85.4 Å². The van der Waals surface area contributed by atoms with E-state index >= 15 is 0 Å². The second kappa shape index (κ2) is 21.2. The van der Waals surface area contributed by atoms with Crippen molar-refractivity contribution < 1.29 is 50.7 Å². The number of ether oxygens (including phenoxy) is 1. The summed E-state index contributed by atoms with van der Waals surface area (Å²) in [4.78, 5) is 11.3. The maximum absolute atomic E-state index is 11.3. The summed E-state index contributed by atoms with van der Waals surface area (Å²) in [6.07, 6.45) is 17.2. The third kappa shape index (κ3) is 20.2. The zero-order valence-electron chi connectivity index (χ0n) is 16.8. The smallest absolute Gasteiger partial charge is 1.00 e. The normalized spacial score (nSPS) is 12.1. The zero-order valence-corrected chi connectivity index (χ0v) is 17.8. The van der Waals surface area contributed by atoms with Crippen molar-refractivity contribution in [3.05, 3.63) is 12.2 Å². The van der Waals surface area contributed by atoms with E-state index in [1.165, 1.54) is 44.9 Å². The number of hydrogen-bond acceptors (Lipinski definition) is 4. The van der Waals surface area contributed by atoms with Gasteiger partial charge in [-0.05, 0) is 32.1 Å². The molecule has 0 aromatic heterocycles. The predicted molar refractivity (Wildman–Crippen MR) is 95.4 cm³/mol. The molecule has 0 spiro atoms. The number of aliphatic hydroxyl groups is 2. The molecule has 24 heavy (non-hydrogen) atoms. The van der Waals surface area contributed by atoms with E-state index in [1.807, 2.05) is 0 Å². The molecule has 0 bridgehead atoms. The fourth-order valence-electron chi connectivity index (χ4n) is 2.30. The molecule has 0 aliphatic heterocycles. The molecule has 4 nitrogen and oxygen atoms in total. The zero-order chi connectivity index (χ0) is 17.2. The average molecular weight is 352 g/mol. The molecule has 0 rings (SSSR count). The van der Waals surface area contributed by atoms with Gasteiger partial charge in [0.05, 0.1) is 6.61 Å². The number of unbranched alkanes of at least 4 members (excludes halogenated alkanes) is 9. The van der Waals surface area contributed by atoms with E-state index in [2.05, 4.69) is 19.1 Å². The Morgan fingerprint density at radius 3 is 2.12 bits per heavy atom. The molecule has 0 aromatic rings. The second-order valence-electron chi connectivity index (χ2n) is 6.15. The number of aliphatic hydroxyl groups excluding tert-OH is 2. The quantitative estimate of drug-likeness (QED) is 0.190. The van der Waals surface area contributed by atoms with E-state index in [1.54, 1.807) is 0 Å². The fourth-order valence-corrected chi connectivity index (χ4v) is 2.30. The minimum atomic E-state index is -0.960. The van der Waals surface area contributed by atoms with Gasteiger partial charge in [-0.1, -0.05) is 57.6 Å². The van der Waals surface area contributed by atoms with Crippen molar-refractivity contribution in [3.63, 3.8) is 0 Å². The summed E-state index contributed by atoms with van der Waals surface area (Å²) in [6, 6.07) is 0. The van der Waals surface area contributed by atoms with Gasteiger partial charge in [-0.15, -0.1) is 0 Å². The Morgan fingerprint density at radius 2 is 1.54 bits per heavy atom. The molecule has 0 radical (unpaired) electrons. The van der Waals surface area contributed by atoms with Crippen LogP contribution in [0.25, 0.3) is 0 Å². The van der Waals surface area contributed by atoms with E-state index in [9.17, 15) is 4.79 Å². The fraction of sp³-hybridized carbons (Fsp3) is 0.842. The number of carbonyl (C=O) groups excluding carboxylic acids is 1. The number of carbonyl (C=O) groups is 1. The minimum absolute atomic E-state index is 0. The first-order valence-corrected chi connectivity index (χ1v) is 9.30. The summed E-state index contributed by atoms with van der Waals surface area (Å²) in [6.45, 7) is 1.75. The van der Waals surface area contributed by atoms with Crippen molar-refractivity contribution in [2.24, 2.45) is 0 Å². The van der Waals surface area contributed by atoms with E-state index in [4.69, 9.17) is 14.9 Å². The van der Waals surface area contributed by atoms with Crippen LogP contribution in [0.4, 0.5) is 0 Å². The molecular weight excluding hydrogens is 315 g/mol. The Bertz CT molecular complexity index is 301. The summed E-state index contributed by atoms with van der Waals surface area (Å²) in [5.41, 5.74) is 0. The van der Waals surface area contributed by atoms with E-state index < -0.39 is 6.10 Å². The molecule has 1 unspecified atom stereocenters. The summed E-state index contributed by atoms with van der Waals surface area (Å²) in [5, 5.41) is 17.7. The van der Waals surface area contributed by atoms with Gasteiger partial charge in [0.1, 0.15) is 12.7 Å². The van der Waals surface area contributed by atoms with Gasteiger partial charge in [0.25, 0.3) is 0 Å². The molecule has 2 N–H and O–H groups in total. The van der Waals surface area contributed by atoms with Crippen molar-refractivity contribution in [3.8, 4) is 0 Å². The monoisotopic (exact) mass is 352 g/mol. The van der Waals surface area contributed by atoms with Crippen LogP contribution in [0, 0.1) is 0 Å². The number of hydrogen-bond donors (Lipinski definition) is 2. The maximum atomic E-state index is 11.3. The number of allylic oxidation sites excluding steroid dienone is 2. The van der Waals surface area contributed by atoms with Crippen LogP contribution in [0.2, 0.25) is 0 Å². The van der Waals surface area contributed by atoms with Gasteiger partial charge >= 0.3 is 35.5 Å². The predicted octanol–water partition coefficient (Wildman–Crippen LogP) is 1.26. The molecular formula is C19H37NaO4. The number of esters is 1.